The number of aliphatic carboxylic acids is 1. The molecule has 1 heterocycles. The third-order valence-electron chi connectivity index (χ3n) is 3.20. The van der Waals surface area contributed by atoms with Crippen LogP contribution in [0, 0.1) is 0 Å². The van der Waals surface area contributed by atoms with Crippen molar-refractivity contribution >= 4 is 27.8 Å². The molecule has 8 heteroatoms. The number of thioether (sulfide) groups is 1. The van der Waals surface area contributed by atoms with Crippen LogP contribution >= 0.6 is 11.8 Å². The van der Waals surface area contributed by atoms with Gasteiger partial charge in [-0.1, -0.05) is 0 Å². The number of hydrogen-bond donors (Lipinski definition) is 1. The number of nitrogens with zero attached hydrogens (tertiary/aromatic N) is 1. The van der Waals surface area contributed by atoms with Crippen LogP contribution in [0.2, 0.25) is 0 Å². The number of carboxylic acids is 1. The first-order valence-corrected chi connectivity index (χ1v) is 9.01. The van der Waals surface area contributed by atoms with Gasteiger partial charge in [0.1, 0.15) is 5.75 Å². The zero-order valence-corrected chi connectivity index (χ0v) is 13.2. The molecule has 0 bridgehead atoms. The number of rotatable bonds is 5. The van der Waals surface area contributed by atoms with Gasteiger partial charge in [-0.25, -0.2) is 8.42 Å². The van der Waals surface area contributed by atoms with Gasteiger partial charge < -0.3 is 9.84 Å². The minimum absolute atomic E-state index is 0.0533. The van der Waals surface area contributed by atoms with E-state index in [1.54, 1.807) is 11.8 Å². The lowest BCUT2D eigenvalue weighted by Gasteiger charge is -2.26. The number of ether oxygens (including phenoxy) is 1. The molecule has 0 amide bonds. The molecule has 116 valence electrons. The molecule has 6 nitrogen and oxygen atoms in total. The topological polar surface area (TPSA) is 83.9 Å². The summed E-state index contributed by atoms with van der Waals surface area (Å²) >= 11 is 1.71. The number of benzene rings is 1. The Kier molecular flexibility index (Phi) is 5.13. The van der Waals surface area contributed by atoms with Crippen LogP contribution < -0.4 is 4.74 Å². The monoisotopic (exact) mass is 331 g/mol. The quantitative estimate of drug-likeness (QED) is 0.868. The van der Waals surface area contributed by atoms with Crippen LogP contribution in [0.3, 0.4) is 0 Å². The molecule has 1 aromatic carbocycles. The molecule has 0 saturated carbocycles. The number of methoxy groups -OCH3 is 1. The van der Waals surface area contributed by atoms with Crippen molar-refractivity contribution in [2.45, 2.75) is 11.3 Å². The molecule has 21 heavy (non-hydrogen) atoms. The van der Waals surface area contributed by atoms with Gasteiger partial charge in [-0.05, 0) is 23.8 Å². The Labute approximate surface area is 128 Å². The Morgan fingerprint density at radius 3 is 2.62 bits per heavy atom. The molecule has 2 rings (SSSR count). The van der Waals surface area contributed by atoms with E-state index in [-0.39, 0.29) is 16.9 Å². The Hall–Kier alpha value is -1.25. The second kappa shape index (κ2) is 6.67. The average molecular weight is 331 g/mol. The van der Waals surface area contributed by atoms with E-state index in [1.807, 2.05) is 0 Å². The molecule has 1 saturated heterocycles. The van der Waals surface area contributed by atoms with Gasteiger partial charge in [0, 0.05) is 24.6 Å². The van der Waals surface area contributed by atoms with E-state index in [2.05, 4.69) is 0 Å². The van der Waals surface area contributed by atoms with Crippen LogP contribution in [0.4, 0.5) is 0 Å². The zero-order valence-electron chi connectivity index (χ0n) is 11.6. The van der Waals surface area contributed by atoms with Crippen molar-refractivity contribution in [3.63, 3.8) is 0 Å². The van der Waals surface area contributed by atoms with Gasteiger partial charge in [0.2, 0.25) is 10.0 Å². The van der Waals surface area contributed by atoms with Crippen molar-refractivity contribution in [2.75, 3.05) is 31.7 Å². The summed E-state index contributed by atoms with van der Waals surface area (Å²) in [6, 6.07) is 4.44. The summed E-state index contributed by atoms with van der Waals surface area (Å²) in [6.07, 6.45) is -0.353. The van der Waals surface area contributed by atoms with E-state index >= 15 is 0 Å². The minimum atomic E-state index is -3.66. The van der Waals surface area contributed by atoms with E-state index in [9.17, 15) is 13.2 Å². The normalized spacial score (nSPS) is 16.6. The largest absolute Gasteiger partial charge is 0.497 e. The molecule has 0 unspecified atom stereocenters. The highest BCUT2D eigenvalue weighted by molar-refractivity contribution is 7.99. The van der Waals surface area contributed by atoms with Crippen molar-refractivity contribution in [2.24, 2.45) is 0 Å². The summed E-state index contributed by atoms with van der Waals surface area (Å²) in [5.41, 5.74) is 0.250. The fourth-order valence-electron chi connectivity index (χ4n) is 2.16. The lowest BCUT2D eigenvalue weighted by atomic mass is 10.1. The van der Waals surface area contributed by atoms with E-state index in [0.29, 0.717) is 18.8 Å². The standard InChI is InChI=1S/C13H17NO5S2/c1-19-11-2-3-12(10(8-11)9-13(15)16)21(17,18)14-4-6-20-7-5-14/h2-3,8H,4-7,9H2,1H3,(H,15,16). The van der Waals surface area contributed by atoms with Crippen molar-refractivity contribution in [1.82, 2.24) is 4.31 Å². The molecule has 1 N–H and O–H groups in total. The van der Waals surface area contributed by atoms with Gasteiger partial charge in [0.15, 0.2) is 0 Å². The molecule has 1 aliphatic rings. The first-order valence-electron chi connectivity index (χ1n) is 6.42. The summed E-state index contributed by atoms with van der Waals surface area (Å²) < 4.78 is 31.8. The fourth-order valence-corrected chi connectivity index (χ4v) is 4.94. The third-order valence-corrected chi connectivity index (χ3v) is 6.14. The first-order chi connectivity index (χ1) is 9.95. The molecule has 0 atom stereocenters. The van der Waals surface area contributed by atoms with Gasteiger partial charge >= 0.3 is 5.97 Å². The van der Waals surface area contributed by atoms with Crippen LogP contribution in [-0.2, 0) is 21.2 Å². The van der Waals surface area contributed by atoms with E-state index < -0.39 is 16.0 Å². The van der Waals surface area contributed by atoms with Gasteiger partial charge in [0.05, 0.1) is 18.4 Å². The molecule has 0 aliphatic carbocycles. The summed E-state index contributed by atoms with van der Waals surface area (Å²) in [6.45, 7) is 0.900. The summed E-state index contributed by atoms with van der Waals surface area (Å²) in [7, 11) is -2.21. The molecular weight excluding hydrogens is 314 g/mol. The molecule has 0 radical (unpaired) electrons. The van der Waals surface area contributed by atoms with Gasteiger partial charge in [-0.2, -0.15) is 16.1 Å². The van der Waals surface area contributed by atoms with Crippen LogP contribution in [0.1, 0.15) is 5.56 Å². The zero-order chi connectivity index (χ0) is 15.5. The highest BCUT2D eigenvalue weighted by Gasteiger charge is 2.29. The SMILES string of the molecule is COc1ccc(S(=O)(=O)N2CCSCC2)c(CC(=O)O)c1. The predicted octanol–water partition coefficient (Wildman–Crippen LogP) is 1.06. The maximum absolute atomic E-state index is 12.7. The molecule has 1 aliphatic heterocycles. The summed E-state index contributed by atoms with van der Waals surface area (Å²) in [4.78, 5) is 11.0. The van der Waals surface area contributed by atoms with E-state index in [0.717, 1.165) is 11.5 Å². The lowest BCUT2D eigenvalue weighted by molar-refractivity contribution is -0.136. The van der Waals surface area contributed by atoms with Crippen LogP contribution in [-0.4, -0.2) is 55.5 Å². The minimum Gasteiger partial charge on any atom is -0.497 e. The van der Waals surface area contributed by atoms with Crippen LogP contribution in [0.15, 0.2) is 23.1 Å². The number of carbonyl (C=O) groups is 1. The number of carboxylic acid groups (broad SMARTS) is 1. The average Bonchev–Trinajstić information content (AvgIpc) is 2.47. The second-order valence-electron chi connectivity index (χ2n) is 4.56. The maximum atomic E-state index is 12.7. The van der Waals surface area contributed by atoms with Gasteiger partial charge in [-0.15, -0.1) is 0 Å². The van der Waals surface area contributed by atoms with E-state index in [1.165, 1.54) is 29.6 Å². The second-order valence-corrected chi connectivity index (χ2v) is 7.69. The molecule has 0 aromatic heterocycles. The number of hydrogen-bond acceptors (Lipinski definition) is 5. The van der Waals surface area contributed by atoms with Crippen molar-refractivity contribution in [3.05, 3.63) is 23.8 Å². The van der Waals surface area contributed by atoms with Gasteiger partial charge in [0.25, 0.3) is 0 Å². The van der Waals surface area contributed by atoms with Crippen LogP contribution in [0.25, 0.3) is 0 Å². The smallest absolute Gasteiger partial charge is 0.307 e. The van der Waals surface area contributed by atoms with Crippen molar-refractivity contribution < 1.29 is 23.1 Å². The van der Waals surface area contributed by atoms with Crippen LogP contribution in [0.5, 0.6) is 5.75 Å². The Morgan fingerprint density at radius 1 is 1.38 bits per heavy atom. The third kappa shape index (κ3) is 3.69. The predicted molar refractivity (Wildman–Crippen MR) is 80.4 cm³/mol. The van der Waals surface area contributed by atoms with Crippen molar-refractivity contribution in [3.8, 4) is 5.75 Å². The Morgan fingerprint density at radius 2 is 2.05 bits per heavy atom. The molecular formula is C13H17NO5S2. The summed E-state index contributed by atoms with van der Waals surface area (Å²) in [5.74, 6) is 0.876. The molecule has 1 fully saturated rings. The number of sulfonamides is 1. The lowest BCUT2D eigenvalue weighted by Crippen LogP contribution is -2.38. The fraction of sp³-hybridized carbons (Fsp3) is 0.462. The first kappa shape index (κ1) is 16.1. The summed E-state index contributed by atoms with van der Waals surface area (Å²) in [5, 5.41) is 8.98. The van der Waals surface area contributed by atoms with Gasteiger partial charge in [-0.3, -0.25) is 4.79 Å². The highest BCUT2D eigenvalue weighted by Crippen LogP contribution is 2.26. The van der Waals surface area contributed by atoms with Crippen molar-refractivity contribution in [1.29, 1.82) is 0 Å². The van der Waals surface area contributed by atoms with E-state index in [4.69, 9.17) is 9.84 Å². The highest BCUT2D eigenvalue weighted by atomic mass is 32.2. The molecule has 1 aromatic rings. The Balaban J connectivity index is 2.43. The Bertz CT molecular complexity index is 623. The maximum Gasteiger partial charge on any atom is 0.307 e. The molecule has 0 spiro atoms.